The van der Waals surface area contributed by atoms with Gasteiger partial charge in [0, 0.05) is 36.6 Å². The second-order valence-corrected chi connectivity index (χ2v) is 4.58. The standard InChI is InChI=1S/C12H16N6O4/c13-9(1-7-3-15-5-17-7)11(19)21-22-12(20)10(14)2-8-4-16-6-18-8/h3-6,9-10H,1-2,13-14H2,(H,15,17)(H,16,18)/t9-,10-/m0/s1. The van der Waals surface area contributed by atoms with Crippen molar-refractivity contribution in [2.45, 2.75) is 24.9 Å². The molecule has 6 N–H and O–H groups in total. The number of carbonyl (C=O) groups is 2. The van der Waals surface area contributed by atoms with Crippen molar-refractivity contribution in [1.29, 1.82) is 0 Å². The molecule has 0 spiro atoms. The topological polar surface area (TPSA) is 162 Å². The normalized spacial score (nSPS) is 13.4. The van der Waals surface area contributed by atoms with Gasteiger partial charge in [0.15, 0.2) is 0 Å². The third kappa shape index (κ3) is 4.40. The minimum absolute atomic E-state index is 0.177. The number of carbonyl (C=O) groups excluding carboxylic acids is 2. The molecular weight excluding hydrogens is 292 g/mol. The zero-order valence-corrected chi connectivity index (χ0v) is 11.6. The van der Waals surface area contributed by atoms with Gasteiger partial charge in [-0.15, -0.1) is 0 Å². The smallest absolute Gasteiger partial charge is 0.348 e. The van der Waals surface area contributed by atoms with Gasteiger partial charge in [-0.25, -0.2) is 29.3 Å². The minimum atomic E-state index is -0.989. The molecule has 2 atom stereocenters. The average molecular weight is 308 g/mol. The Bertz CT molecular complexity index is 543. The van der Waals surface area contributed by atoms with E-state index in [0.29, 0.717) is 11.4 Å². The lowest BCUT2D eigenvalue weighted by atomic mass is 10.2. The van der Waals surface area contributed by atoms with Crippen molar-refractivity contribution in [2.75, 3.05) is 0 Å². The van der Waals surface area contributed by atoms with Crippen molar-refractivity contribution >= 4 is 11.9 Å². The largest absolute Gasteiger partial charge is 0.372 e. The summed E-state index contributed by atoms with van der Waals surface area (Å²) in [6.07, 6.45) is 6.33. The highest BCUT2D eigenvalue weighted by Gasteiger charge is 2.23. The summed E-state index contributed by atoms with van der Waals surface area (Å²) < 4.78 is 0. The average Bonchev–Trinajstić information content (AvgIpc) is 3.17. The predicted molar refractivity (Wildman–Crippen MR) is 72.7 cm³/mol. The Kier molecular flexibility index (Phi) is 5.22. The van der Waals surface area contributed by atoms with Crippen LogP contribution >= 0.6 is 0 Å². The van der Waals surface area contributed by atoms with Gasteiger partial charge in [-0.1, -0.05) is 0 Å². The number of rotatable bonds is 6. The molecule has 0 amide bonds. The van der Waals surface area contributed by atoms with Crippen molar-refractivity contribution < 1.29 is 19.4 Å². The highest BCUT2D eigenvalue weighted by Crippen LogP contribution is 2.01. The van der Waals surface area contributed by atoms with Crippen LogP contribution < -0.4 is 11.5 Å². The predicted octanol–water partition coefficient (Wildman–Crippen LogP) is -1.43. The van der Waals surface area contributed by atoms with Crippen LogP contribution in [0, 0.1) is 0 Å². The van der Waals surface area contributed by atoms with E-state index >= 15 is 0 Å². The van der Waals surface area contributed by atoms with E-state index in [1.165, 1.54) is 25.0 Å². The highest BCUT2D eigenvalue weighted by molar-refractivity contribution is 5.79. The third-order valence-corrected chi connectivity index (χ3v) is 2.80. The summed E-state index contributed by atoms with van der Waals surface area (Å²) in [5.74, 6) is -1.76. The lowest BCUT2D eigenvalue weighted by Gasteiger charge is -2.11. The van der Waals surface area contributed by atoms with E-state index in [1.54, 1.807) is 0 Å². The van der Waals surface area contributed by atoms with Gasteiger partial charge in [0.25, 0.3) is 0 Å². The maximum absolute atomic E-state index is 11.6. The number of imidazole rings is 2. The van der Waals surface area contributed by atoms with E-state index in [9.17, 15) is 9.59 Å². The van der Waals surface area contributed by atoms with Crippen LogP contribution in [-0.4, -0.2) is 44.0 Å². The van der Waals surface area contributed by atoms with Gasteiger partial charge in [0.05, 0.1) is 12.7 Å². The highest BCUT2D eigenvalue weighted by atomic mass is 17.2. The van der Waals surface area contributed by atoms with E-state index in [-0.39, 0.29) is 12.8 Å². The first-order valence-corrected chi connectivity index (χ1v) is 6.44. The number of hydrogen-bond acceptors (Lipinski definition) is 8. The first-order chi connectivity index (χ1) is 10.6. The summed E-state index contributed by atoms with van der Waals surface area (Å²) in [5.41, 5.74) is 12.6. The molecule has 2 aromatic rings. The van der Waals surface area contributed by atoms with E-state index in [2.05, 4.69) is 29.7 Å². The zero-order valence-electron chi connectivity index (χ0n) is 11.6. The molecule has 0 bridgehead atoms. The van der Waals surface area contributed by atoms with Crippen LogP contribution in [0.4, 0.5) is 0 Å². The van der Waals surface area contributed by atoms with Crippen LogP contribution in [-0.2, 0) is 32.2 Å². The molecule has 0 unspecified atom stereocenters. The van der Waals surface area contributed by atoms with Crippen LogP contribution in [0.15, 0.2) is 25.0 Å². The van der Waals surface area contributed by atoms with Crippen molar-refractivity contribution in [3.63, 3.8) is 0 Å². The quantitative estimate of drug-likeness (QED) is 0.373. The lowest BCUT2D eigenvalue weighted by molar-refractivity contribution is -0.260. The molecule has 0 aliphatic rings. The first-order valence-electron chi connectivity index (χ1n) is 6.44. The SMILES string of the molecule is N[C@@H](Cc1cnc[nH]1)C(=O)OOC(=O)[C@@H](N)Cc1cnc[nH]1. The lowest BCUT2D eigenvalue weighted by Crippen LogP contribution is -2.38. The number of H-pyrrole nitrogens is 2. The summed E-state index contributed by atoms with van der Waals surface area (Å²) >= 11 is 0. The number of nitrogens with one attached hydrogen (secondary N) is 2. The molecule has 22 heavy (non-hydrogen) atoms. The monoisotopic (exact) mass is 308 g/mol. The Morgan fingerprint density at radius 1 is 0.955 bits per heavy atom. The number of hydrogen-bond donors (Lipinski definition) is 4. The Balaban J connectivity index is 1.74. The molecule has 10 heteroatoms. The molecule has 2 aromatic heterocycles. The molecule has 0 aromatic carbocycles. The van der Waals surface area contributed by atoms with Gasteiger partial charge in [-0.05, 0) is 0 Å². The van der Waals surface area contributed by atoms with Crippen LogP contribution in [0.25, 0.3) is 0 Å². The third-order valence-electron chi connectivity index (χ3n) is 2.80. The minimum Gasteiger partial charge on any atom is -0.348 e. The van der Waals surface area contributed by atoms with Crippen LogP contribution in [0.2, 0.25) is 0 Å². The summed E-state index contributed by atoms with van der Waals surface area (Å²) in [5, 5.41) is 0. The van der Waals surface area contributed by atoms with Gasteiger partial charge in [-0.2, -0.15) is 0 Å². The van der Waals surface area contributed by atoms with Gasteiger partial charge in [-0.3, -0.25) is 0 Å². The maximum atomic E-state index is 11.6. The van der Waals surface area contributed by atoms with Gasteiger partial charge in [0.1, 0.15) is 12.1 Å². The summed E-state index contributed by atoms with van der Waals surface area (Å²) in [4.78, 5) is 45.2. The zero-order chi connectivity index (χ0) is 15.9. The summed E-state index contributed by atoms with van der Waals surface area (Å²) in [6.45, 7) is 0. The van der Waals surface area contributed by atoms with E-state index in [1.807, 2.05) is 0 Å². The van der Waals surface area contributed by atoms with E-state index in [4.69, 9.17) is 11.5 Å². The van der Waals surface area contributed by atoms with Gasteiger partial charge < -0.3 is 21.4 Å². The second-order valence-electron chi connectivity index (χ2n) is 4.58. The van der Waals surface area contributed by atoms with Gasteiger partial charge in [0.2, 0.25) is 0 Å². The van der Waals surface area contributed by atoms with Crippen LogP contribution in [0.3, 0.4) is 0 Å². The fourth-order valence-corrected chi connectivity index (χ4v) is 1.64. The number of nitrogens with zero attached hydrogens (tertiary/aromatic N) is 2. The number of nitrogens with two attached hydrogens (primary N) is 2. The fraction of sp³-hybridized carbons (Fsp3) is 0.333. The first kappa shape index (κ1) is 15.7. The van der Waals surface area contributed by atoms with Crippen LogP contribution in [0.1, 0.15) is 11.4 Å². The van der Waals surface area contributed by atoms with E-state index < -0.39 is 24.0 Å². The molecule has 10 nitrogen and oxygen atoms in total. The molecular formula is C12H16N6O4. The Morgan fingerprint density at radius 2 is 1.36 bits per heavy atom. The second kappa shape index (κ2) is 7.33. The number of aromatic nitrogens is 4. The van der Waals surface area contributed by atoms with Gasteiger partial charge >= 0.3 is 11.9 Å². The molecule has 0 fully saturated rings. The molecule has 0 aliphatic heterocycles. The molecule has 0 saturated carbocycles. The maximum Gasteiger partial charge on any atom is 0.372 e. The molecule has 2 rings (SSSR count). The number of aromatic amines is 2. The Hall–Kier alpha value is -2.72. The summed E-state index contributed by atoms with van der Waals surface area (Å²) in [7, 11) is 0. The summed E-state index contributed by atoms with van der Waals surface area (Å²) in [6, 6.07) is -1.98. The molecule has 0 saturated heterocycles. The molecule has 0 aliphatic carbocycles. The molecule has 118 valence electrons. The van der Waals surface area contributed by atoms with Crippen molar-refractivity contribution in [3.05, 3.63) is 36.4 Å². The van der Waals surface area contributed by atoms with E-state index in [0.717, 1.165) is 0 Å². The Morgan fingerprint density at radius 3 is 1.68 bits per heavy atom. The van der Waals surface area contributed by atoms with Crippen molar-refractivity contribution in [1.82, 2.24) is 19.9 Å². The fourth-order valence-electron chi connectivity index (χ4n) is 1.64. The Labute approximate surface area is 125 Å². The van der Waals surface area contributed by atoms with Crippen molar-refractivity contribution in [2.24, 2.45) is 11.5 Å². The molecule has 2 heterocycles. The van der Waals surface area contributed by atoms with Crippen molar-refractivity contribution in [3.8, 4) is 0 Å². The molecule has 0 radical (unpaired) electrons. The van der Waals surface area contributed by atoms with Crippen LogP contribution in [0.5, 0.6) is 0 Å².